The summed E-state index contributed by atoms with van der Waals surface area (Å²) in [5, 5.41) is 6.82. The molecular formula is C19H19N3O4. The Labute approximate surface area is 151 Å². The quantitative estimate of drug-likeness (QED) is 0.652. The van der Waals surface area contributed by atoms with Crippen molar-refractivity contribution in [2.24, 2.45) is 5.10 Å². The van der Waals surface area contributed by atoms with Crippen molar-refractivity contribution in [3.8, 4) is 11.5 Å². The molecule has 0 unspecified atom stereocenters. The van der Waals surface area contributed by atoms with Gasteiger partial charge in [0.05, 0.1) is 5.71 Å². The van der Waals surface area contributed by atoms with E-state index in [4.69, 9.17) is 9.47 Å². The zero-order chi connectivity index (χ0) is 18.5. The summed E-state index contributed by atoms with van der Waals surface area (Å²) in [7, 11) is 0. The summed E-state index contributed by atoms with van der Waals surface area (Å²) in [5.41, 5.74) is 4.54. The van der Waals surface area contributed by atoms with Gasteiger partial charge in [-0.05, 0) is 36.8 Å². The Morgan fingerprint density at radius 2 is 1.85 bits per heavy atom. The van der Waals surface area contributed by atoms with Crippen molar-refractivity contribution in [3.05, 3.63) is 54.1 Å². The molecule has 0 spiro atoms. The summed E-state index contributed by atoms with van der Waals surface area (Å²) < 4.78 is 11.2. The number of nitrogens with one attached hydrogen (secondary N) is 2. The SMILES string of the molecule is CC(=O)Nc1cccc(/C(C)=N\NC(=O)[C@H]2COc3ccccc3O2)c1. The third-order valence-electron chi connectivity index (χ3n) is 3.74. The number of carbonyl (C=O) groups excluding carboxylic acids is 2. The van der Waals surface area contributed by atoms with E-state index in [1.54, 1.807) is 37.3 Å². The van der Waals surface area contributed by atoms with Crippen LogP contribution in [0.5, 0.6) is 11.5 Å². The topological polar surface area (TPSA) is 89.0 Å². The van der Waals surface area contributed by atoms with Crippen LogP contribution in [0.4, 0.5) is 5.69 Å². The largest absolute Gasteiger partial charge is 0.485 e. The molecule has 1 aliphatic rings. The van der Waals surface area contributed by atoms with E-state index >= 15 is 0 Å². The van der Waals surface area contributed by atoms with Crippen LogP contribution in [-0.2, 0) is 9.59 Å². The van der Waals surface area contributed by atoms with Gasteiger partial charge in [-0.25, -0.2) is 5.43 Å². The average Bonchev–Trinajstić information content (AvgIpc) is 2.65. The monoisotopic (exact) mass is 353 g/mol. The number of anilines is 1. The third-order valence-corrected chi connectivity index (χ3v) is 3.74. The molecule has 2 aromatic rings. The molecule has 3 rings (SSSR count). The van der Waals surface area contributed by atoms with Gasteiger partial charge in [-0.15, -0.1) is 0 Å². The summed E-state index contributed by atoms with van der Waals surface area (Å²) in [6.45, 7) is 3.33. The minimum atomic E-state index is -0.771. The standard InChI is InChI=1S/C19H19N3O4/c1-12(14-6-5-7-15(10-14)20-13(2)23)21-22-19(24)18-11-25-16-8-3-4-9-17(16)26-18/h3-10,18H,11H2,1-2H3,(H,20,23)(H,22,24)/b21-12-/t18-/m1/s1. The molecule has 2 amide bonds. The van der Waals surface area contributed by atoms with Crippen LogP contribution in [0, 0.1) is 0 Å². The minimum absolute atomic E-state index is 0.120. The second-order valence-corrected chi connectivity index (χ2v) is 5.80. The fraction of sp³-hybridized carbons (Fsp3) is 0.211. The first-order chi connectivity index (χ1) is 12.5. The van der Waals surface area contributed by atoms with Gasteiger partial charge < -0.3 is 14.8 Å². The Bertz CT molecular complexity index is 863. The normalized spacial score (nSPS) is 15.9. The maximum Gasteiger partial charge on any atom is 0.284 e. The fourth-order valence-electron chi connectivity index (χ4n) is 2.45. The predicted molar refractivity (Wildman–Crippen MR) is 97.5 cm³/mol. The predicted octanol–water partition coefficient (Wildman–Crippen LogP) is 2.33. The van der Waals surface area contributed by atoms with Gasteiger partial charge in [-0.2, -0.15) is 5.10 Å². The molecule has 1 heterocycles. The lowest BCUT2D eigenvalue weighted by molar-refractivity contribution is -0.130. The van der Waals surface area contributed by atoms with Crippen LogP contribution in [0.25, 0.3) is 0 Å². The van der Waals surface area contributed by atoms with E-state index in [9.17, 15) is 9.59 Å². The van der Waals surface area contributed by atoms with Gasteiger partial charge in [-0.3, -0.25) is 9.59 Å². The van der Waals surface area contributed by atoms with Gasteiger partial charge >= 0.3 is 0 Å². The number of ether oxygens (including phenoxy) is 2. The van der Waals surface area contributed by atoms with E-state index in [1.165, 1.54) is 6.92 Å². The third kappa shape index (κ3) is 4.18. The molecule has 0 radical (unpaired) electrons. The number of rotatable bonds is 4. The molecule has 7 heteroatoms. The Balaban J connectivity index is 1.64. The second kappa shape index (κ2) is 7.69. The summed E-state index contributed by atoms with van der Waals surface area (Å²) >= 11 is 0. The van der Waals surface area contributed by atoms with Crippen LogP contribution in [0.2, 0.25) is 0 Å². The molecule has 134 valence electrons. The molecule has 0 aromatic heterocycles. The van der Waals surface area contributed by atoms with E-state index in [0.29, 0.717) is 22.9 Å². The Morgan fingerprint density at radius 1 is 1.08 bits per heavy atom. The lowest BCUT2D eigenvalue weighted by Gasteiger charge is -2.24. The van der Waals surface area contributed by atoms with E-state index in [1.807, 2.05) is 18.2 Å². The first-order valence-electron chi connectivity index (χ1n) is 8.13. The fourth-order valence-corrected chi connectivity index (χ4v) is 2.45. The van der Waals surface area contributed by atoms with Gasteiger partial charge in [0, 0.05) is 12.6 Å². The summed E-state index contributed by atoms with van der Waals surface area (Å²) in [6, 6.07) is 14.4. The molecular weight excluding hydrogens is 334 g/mol. The van der Waals surface area contributed by atoms with Crippen LogP contribution in [0.3, 0.4) is 0 Å². The maximum atomic E-state index is 12.3. The number of para-hydroxylation sites is 2. The summed E-state index contributed by atoms with van der Waals surface area (Å²) in [4.78, 5) is 23.4. The Morgan fingerprint density at radius 3 is 2.62 bits per heavy atom. The van der Waals surface area contributed by atoms with E-state index < -0.39 is 12.0 Å². The first kappa shape index (κ1) is 17.5. The molecule has 0 bridgehead atoms. The number of hydrazone groups is 1. The average molecular weight is 353 g/mol. The van der Waals surface area contributed by atoms with Crippen molar-refractivity contribution in [1.82, 2.24) is 5.43 Å². The smallest absolute Gasteiger partial charge is 0.284 e. The molecule has 1 atom stereocenters. The molecule has 0 saturated heterocycles. The van der Waals surface area contributed by atoms with Crippen LogP contribution in [-0.4, -0.2) is 30.2 Å². The van der Waals surface area contributed by atoms with Crippen LogP contribution in [0.15, 0.2) is 53.6 Å². The molecule has 26 heavy (non-hydrogen) atoms. The summed E-state index contributed by atoms with van der Waals surface area (Å²) in [6.07, 6.45) is -0.771. The number of carbonyl (C=O) groups is 2. The van der Waals surface area contributed by atoms with Gasteiger partial charge in [0.2, 0.25) is 12.0 Å². The zero-order valence-corrected chi connectivity index (χ0v) is 14.5. The zero-order valence-electron chi connectivity index (χ0n) is 14.5. The molecule has 1 aliphatic heterocycles. The number of fused-ring (bicyclic) bond motifs is 1. The molecule has 0 aliphatic carbocycles. The maximum absolute atomic E-state index is 12.3. The molecule has 0 fully saturated rings. The van der Waals surface area contributed by atoms with Crippen LogP contribution in [0.1, 0.15) is 19.4 Å². The Hall–Kier alpha value is -3.35. The lowest BCUT2D eigenvalue weighted by Crippen LogP contribution is -2.42. The van der Waals surface area contributed by atoms with E-state index in [0.717, 1.165) is 5.56 Å². The van der Waals surface area contributed by atoms with Crippen molar-refractivity contribution in [2.75, 3.05) is 11.9 Å². The van der Waals surface area contributed by atoms with Crippen molar-refractivity contribution >= 4 is 23.2 Å². The van der Waals surface area contributed by atoms with Crippen molar-refractivity contribution in [3.63, 3.8) is 0 Å². The second-order valence-electron chi connectivity index (χ2n) is 5.80. The van der Waals surface area contributed by atoms with E-state index in [-0.39, 0.29) is 12.5 Å². The van der Waals surface area contributed by atoms with Gasteiger partial charge in [-0.1, -0.05) is 24.3 Å². The van der Waals surface area contributed by atoms with Crippen LogP contribution >= 0.6 is 0 Å². The minimum Gasteiger partial charge on any atom is -0.485 e. The lowest BCUT2D eigenvalue weighted by atomic mass is 10.1. The van der Waals surface area contributed by atoms with E-state index in [2.05, 4.69) is 15.8 Å². The van der Waals surface area contributed by atoms with Gasteiger partial charge in [0.15, 0.2) is 11.5 Å². The molecule has 2 N–H and O–H groups in total. The molecule has 0 saturated carbocycles. The highest BCUT2D eigenvalue weighted by molar-refractivity contribution is 6.01. The number of hydrogen-bond donors (Lipinski definition) is 2. The summed E-state index contributed by atoms with van der Waals surface area (Å²) in [5.74, 6) is 0.602. The van der Waals surface area contributed by atoms with Gasteiger partial charge in [0.25, 0.3) is 5.91 Å². The van der Waals surface area contributed by atoms with Gasteiger partial charge in [0.1, 0.15) is 6.61 Å². The number of amides is 2. The molecule has 2 aromatic carbocycles. The Kier molecular flexibility index (Phi) is 5.17. The van der Waals surface area contributed by atoms with Crippen molar-refractivity contribution in [2.45, 2.75) is 20.0 Å². The van der Waals surface area contributed by atoms with Crippen molar-refractivity contribution in [1.29, 1.82) is 0 Å². The highest BCUT2D eigenvalue weighted by Crippen LogP contribution is 2.30. The van der Waals surface area contributed by atoms with Crippen LogP contribution < -0.4 is 20.2 Å². The molecule has 7 nitrogen and oxygen atoms in total. The number of nitrogens with zero attached hydrogens (tertiary/aromatic N) is 1. The first-order valence-corrected chi connectivity index (χ1v) is 8.13. The van der Waals surface area contributed by atoms with Crippen molar-refractivity contribution < 1.29 is 19.1 Å². The highest BCUT2D eigenvalue weighted by atomic mass is 16.6. The highest BCUT2D eigenvalue weighted by Gasteiger charge is 2.27. The number of benzene rings is 2. The number of hydrogen-bond acceptors (Lipinski definition) is 5.